The molecule has 0 saturated heterocycles. The minimum Gasteiger partial charge on any atom is -0.497 e. The number of nitrogens with zero attached hydrogens (tertiary/aromatic N) is 1. The number of amides is 1. The summed E-state index contributed by atoms with van der Waals surface area (Å²) in [6, 6.07) is 15.4. The summed E-state index contributed by atoms with van der Waals surface area (Å²) in [5, 5.41) is 0.439. The van der Waals surface area contributed by atoms with Crippen molar-refractivity contribution in [3.63, 3.8) is 0 Å². The van der Waals surface area contributed by atoms with Crippen LogP contribution in [-0.4, -0.2) is 26.7 Å². The van der Waals surface area contributed by atoms with Crippen molar-refractivity contribution in [2.75, 3.05) is 25.7 Å². The summed E-state index contributed by atoms with van der Waals surface area (Å²) in [6.07, 6.45) is 1.64. The highest BCUT2D eigenvalue weighted by Gasteiger charge is 2.44. The van der Waals surface area contributed by atoms with Crippen LogP contribution in [0, 0.1) is 13.8 Å². The van der Waals surface area contributed by atoms with Crippen molar-refractivity contribution in [3.05, 3.63) is 105 Å². The number of methoxy groups -OCH3 is 2. The summed E-state index contributed by atoms with van der Waals surface area (Å²) >= 11 is 0. The minimum atomic E-state index is -0.736. The highest BCUT2D eigenvalue weighted by Crippen LogP contribution is 2.43. The fourth-order valence-corrected chi connectivity index (χ4v) is 4.67. The Labute approximate surface area is 214 Å². The van der Waals surface area contributed by atoms with Crippen molar-refractivity contribution in [1.82, 2.24) is 0 Å². The standard InChI is InChI=1S/C30H27NO6/c1-6-13-36-23-12-7-19(16-25(23)35-5)27-26-28(32)22-14-17(2)18(3)15-24(22)37-29(26)30(33)31(27)20-8-10-21(34-4)11-9-20/h6-12,14-16,27H,1,13H2,2-5H3. The second-order valence-corrected chi connectivity index (χ2v) is 8.89. The van der Waals surface area contributed by atoms with E-state index in [1.54, 1.807) is 67.7 Å². The summed E-state index contributed by atoms with van der Waals surface area (Å²) in [4.78, 5) is 29.3. The molecule has 1 aliphatic rings. The second-order valence-electron chi connectivity index (χ2n) is 8.89. The minimum absolute atomic E-state index is 0.0347. The predicted octanol–water partition coefficient (Wildman–Crippen LogP) is 5.74. The number of ether oxygens (including phenoxy) is 3. The Morgan fingerprint density at radius 3 is 2.35 bits per heavy atom. The number of anilines is 1. The smallest absolute Gasteiger partial charge is 0.295 e. The number of hydrogen-bond donors (Lipinski definition) is 0. The molecule has 1 unspecified atom stereocenters. The summed E-state index contributed by atoms with van der Waals surface area (Å²) < 4.78 is 22.7. The number of fused-ring (bicyclic) bond motifs is 2. The molecule has 0 fully saturated rings. The van der Waals surface area contributed by atoms with Gasteiger partial charge < -0.3 is 18.6 Å². The van der Waals surface area contributed by atoms with Crippen LogP contribution in [0.1, 0.15) is 38.9 Å². The van der Waals surface area contributed by atoms with Crippen molar-refractivity contribution >= 4 is 22.6 Å². The normalized spacial score (nSPS) is 14.5. The Hall–Kier alpha value is -4.52. The van der Waals surface area contributed by atoms with E-state index < -0.39 is 11.9 Å². The van der Waals surface area contributed by atoms with Gasteiger partial charge >= 0.3 is 0 Å². The molecule has 1 amide bonds. The molecule has 0 bridgehead atoms. The maximum Gasteiger partial charge on any atom is 0.295 e. The monoisotopic (exact) mass is 497 g/mol. The number of carbonyl (C=O) groups excluding carboxylic acids is 1. The van der Waals surface area contributed by atoms with Gasteiger partial charge in [-0.05, 0) is 79.1 Å². The predicted molar refractivity (Wildman–Crippen MR) is 142 cm³/mol. The van der Waals surface area contributed by atoms with Gasteiger partial charge in [0.1, 0.15) is 17.9 Å². The Bertz CT molecular complexity index is 1580. The van der Waals surface area contributed by atoms with Gasteiger partial charge in [-0.25, -0.2) is 0 Å². The van der Waals surface area contributed by atoms with Crippen molar-refractivity contribution in [1.29, 1.82) is 0 Å². The molecule has 188 valence electrons. The summed E-state index contributed by atoms with van der Waals surface area (Å²) in [5.74, 6) is 1.30. The molecule has 4 aromatic rings. The van der Waals surface area contributed by atoms with Crippen LogP contribution < -0.4 is 24.5 Å². The Kier molecular flexibility index (Phi) is 6.21. The third-order valence-corrected chi connectivity index (χ3v) is 6.70. The molecule has 0 aliphatic carbocycles. The Morgan fingerprint density at radius 1 is 0.946 bits per heavy atom. The highest BCUT2D eigenvalue weighted by molar-refractivity contribution is 6.10. The van der Waals surface area contributed by atoms with Gasteiger partial charge in [-0.2, -0.15) is 0 Å². The maximum absolute atomic E-state index is 13.9. The van der Waals surface area contributed by atoms with E-state index in [1.807, 2.05) is 26.0 Å². The summed E-state index contributed by atoms with van der Waals surface area (Å²) in [5.41, 5.74) is 3.67. The molecule has 2 heterocycles. The average Bonchev–Trinajstić information content (AvgIpc) is 3.21. The van der Waals surface area contributed by atoms with Crippen LogP contribution in [0.15, 0.2) is 76.5 Å². The van der Waals surface area contributed by atoms with Gasteiger partial charge in [-0.3, -0.25) is 14.5 Å². The molecule has 3 aromatic carbocycles. The number of aryl methyl sites for hydroxylation is 2. The van der Waals surface area contributed by atoms with E-state index in [1.165, 1.54) is 0 Å². The molecule has 0 saturated carbocycles. The number of benzene rings is 3. The zero-order valence-electron chi connectivity index (χ0n) is 21.2. The largest absolute Gasteiger partial charge is 0.497 e. The molecule has 5 rings (SSSR count). The van der Waals surface area contributed by atoms with Gasteiger partial charge in [0.25, 0.3) is 5.91 Å². The van der Waals surface area contributed by atoms with E-state index >= 15 is 0 Å². The summed E-state index contributed by atoms with van der Waals surface area (Å²) in [6.45, 7) is 7.88. The quantitative estimate of drug-likeness (QED) is 0.303. The van der Waals surface area contributed by atoms with Gasteiger partial charge in [0.2, 0.25) is 5.76 Å². The van der Waals surface area contributed by atoms with Crippen LogP contribution in [0.5, 0.6) is 17.2 Å². The van der Waals surface area contributed by atoms with Crippen LogP contribution in [0.4, 0.5) is 5.69 Å². The molecule has 7 nitrogen and oxygen atoms in total. The fraction of sp³-hybridized carbons (Fsp3) is 0.200. The number of hydrogen-bond acceptors (Lipinski definition) is 6. The Balaban J connectivity index is 1.76. The van der Waals surface area contributed by atoms with Crippen molar-refractivity contribution < 1.29 is 23.4 Å². The van der Waals surface area contributed by atoms with E-state index in [9.17, 15) is 9.59 Å². The zero-order chi connectivity index (χ0) is 26.3. The molecular weight excluding hydrogens is 470 g/mol. The van der Waals surface area contributed by atoms with Crippen LogP contribution >= 0.6 is 0 Å². The van der Waals surface area contributed by atoms with Crippen LogP contribution in [0.25, 0.3) is 11.0 Å². The maximum atomic E-state index is 13.9. The molecular formula is C30H27NO6. The Morgan fingerprint density at radius 2 is 1.68 bits per heavy atom. The number of carbonyl (C=O) groups is 1. The van der Waals surface area contributed by atoms with Gasteiger partial charge in [0, 0.05) is 5.69 Å². The van der Waals surface area contributed by atoms with Crippen molar-refractivity contribution in [2.24, 2.45) is 0 Å². The topological polar surface area (TPSA) is 78.2 Å². The van der Waals surface area contributed by atoms with E-state index in [0.29, 0.717) is 51.6 Å². The van der Waals surface area contributed by atoms with Crippen molar-refractivity contribution in [2.45, 2.75) is 19.9 Å². The molecule has 7 heteroatoms. The third kappa shape index (κ3) is 4.02. The first-order chi connectivity index (χ1) is 17.9. The van der Waals surface area contributed by atoms with E-state index in [-0.39, 0.29) is 11.2 Å². The lowest BCUT2D eigenvalue weighted by Crippen LogP contribution is -2.29. The lowest BCUT2D eigenvalue weighted by Gasteiger charge is -2.26. The second kappa shape index (κ2) is 9.50. The lowest BCUT2D eigenvalue weighted by atomic mass is 9.97. The summed E-state index contributed by atoms with van der Waals surface area (Å²) in [7, 11) is 3.12. The van der Waals surface area contributed by atoms with E-state index in [0.717, 1.165) is 11.1 Å². The fourth-order valence-electron chi connectivity index (χ4n) is 4.67. The van der Waals surface area contributed by atoms with Gasteiger partial charge in [0.15, 0.2) is 16.9 Å². The van der Waals surface area contributed by atoms with Crippen LogP contribution in [0.2, 0.25) is 0 Å². The zero-order valence-corrected chi connectivity index (χ0v) is 21.2. The molecule has 0 N–H and O–H groups in total. The average molecular weight is 498 g/mol. The number of rotatable bonds is 7. The SMILES string of the molecule is C=CCOc1ccc(C2c3c(oc4cc(C)c(C)cc4c3=O)C(=O)N2c2ccc(OC)cc2)cc1OC. The van der Waals surface area contributed by atoms with E-state index in [4.69, 9.17) is 18.6 Å². The van der Waals surface area contributed by atoms with Crippen LogP contribution in [-0.2, 0) is 0 Å². The molecule has 1 aromatic heterocycles. The van der Waals surface area contributed by atoms with Gasteiger partial charge in [-0.15, -0.1) is 0 Å². The first-order valence-electron chi connectivity index (χ1n) is 11.8. The van der Waals surface area contributed by atoms with Crippen molar-refractivity contribution in [3.8, 4) is 17.2 Å². The molecule has 0 radical (unpaired) electrons. The van der Waals surface area contributed by atoms with Gasteiger partial charge in [0.05, 0.1) is 31.2 Å². The molecule has 1 aliphatic heterocycles. The first kappa shape index (κ1) is 24.2. The first-order valence-corrected chi connectivity index (χ1v) is 11.8. The molecule has 0 spiro atoms. The van der Waals surface area contributed by atoms with Gasteiger partial charge in [-0.1, -0.05) is 18.7 Å². The van der Waals surface area contributed by atoms with Crippen LogP contribution in [0.3, 0.4) is 0 Å². The third-order valence-electron chi connectivity index (χ3n) is 6.70. The molecule has 37 heavy (non-hydrogen) atoms. The highest BCUT2D eigenvalue weighted by atomic mass is 16.5. The molecule has 1 atom stereocenters. The lowest BCUT2D eigenvalue weighted by molar-refractivity contribution is 0.0971. The van der Waals surface area contributed by atoms with E-state index in [2.05, 4.69) is 6.58 Å².